The minimum absolute atomic E-state index is 0.184. The highest BCUT2D eigenvalue weighted by atomic mass is 32.2. The zero-order chi connectivity index (χ0) is 16.8. The number of anilines is 1. The van der Waals surface area contributed by atoms with Crippen molar-refractivity contribution in [3.63, 3.8) is 0 Å². The molecule has 0 spiro atoms. The molecule has 0 bridgehead atoms. The number of rotatable bonds is 5. The maximum atomic E-state index is 12.6. The number of hydrogen-bond acceptors (Lipinski definition) is 5. The minimum atomic E-state index is -0.436. The summed E-state index contributed by atoms with van der Waals surface area (Å²) in [6.07, 6.45) is 0.184. The molecule has 1 aliphatic rings. The van der Waals surface area contributed by atoms with Crippen LogP contribution in [0.1, 0.15) is 20.3 Å². The van der Waals surface area contributed by atoms with E-state index in [1.807, 2.05) is 13.8 Å². The topological polar surface area (TPSA) is 71.0 Å². The molecule has 1 aliphatic heterocycles. The van der Waals surface area contributed by atoms with E-state index in [1.165, 1.54) is 16.7 Å². The van der Waals surface area contributed by atoms with Gasteiger partial charge < -0.3 is 10.1 Å². The molecule has 0 aromatic heterocycles. The number of aliphatic imine (C=N–C) groups is 1. The lowest BCUT2D eigenvalue weighted by atomic mass is 10.3. The first-order valence-corrected chi connectivity index (χ1v) is 8.44. The molecule has 6 nitrogen and oxygen atoms in total. The summed E-state index contributed by atoms with van der Waals surface area (Å²) in [6.45, 7) is 5.26. The van der Waals surface area contributed by atoms with E-state index in [9.17, 15) is 9.59 Å². The van der Waals surface area contributed by atoms with Crippen molar-refractivity contribution in [3.8, 4) is 5.75 Å². The summed E-state index contributed by atoms with van der Waals surface area (Å²) in [4.78, 5) is 30.4. The zero-order valence-corrected chi connectivity index (χ0v) is 14.4. The van der Waals surface area contributed by atoms with Gasteiger partial charge in [0.2, 0.25) is 11.8 Å². The fraction of sp³-hybridized carbons (Fsp3) is 0.438. The molecule has 2 rings (SSSR count). The fourth-order valence-electron chi connectivity index (χ4n) is 2.26. The lowest BCUT2D eigenvalue weighted by Gasteiger charge is -2.16. The van der Waals surface area contributed by atoms with Crippen LogP contribution in [0.5, 0.6) is 5.75 Å². The van der Waals surface area contributed by atoms with Crippen LogP contribution in [0.2, 0.25) is 0 Å². The van der Waals surface area contributed by atoms with E-state index >= 15 is 0 Å². The van der Waals surface area contributed by atoms with Gasteiger partial charge in [-0.1, -0.05) is 11.8 Å². The number of thioether (sulfide) groups is 1. The van der Waals surface area contributed by atoms with Crippen LogP contribution in [-0.2, 0) is 9.59 Å². The molecule has 7 heteroatoms. The number of amides is 2. The van der Waals surface area contributed by atoms with Crippen molar-refractivity contribution in [2.45, 2.75) is 25.5 Å². The van der Waals surface area contributed by atoms with Crippen molar-refractivity contribution in [2.24, 2.45) is 4.99 Å². The van der Waals surface area contributed by atoms with Crippen molar-refractivity contribution >= 4 is 34.4 Å². The third-order valence-corrected chi connectivity index (χ3v) is 4.47. The first kappa shape index (κ1) is 17.3. The van der Waals surface area contributed by atoms with Crippen molar-refractivity contribution in [1.82, 2.24) is 5.32 Å². The van der Waals surface area contributed by atoms with Crippen molar-refractivity contribution in [1.29, 1.82) is 0 Å². The van der Waals surface area contributed by atoms with Gasteiger partial charge in [0.1, 0.15) is 11.0 Å². The largest absolute Gasteiger partial charge is 0.497 e. The Kier molecular flexibility index (Phi) is 6.04. The van der Waals surface area contributed by atoms with E-state index in [-0.39, 0.29) is 18.2 Å². The molecule has 0 unspecified atom stereocenters. The number of carbonyl (C=O) groups is 2. The van der Waals surface area contributed by atoms with Crippen LogP contribution in [0.15, 0.2) is 29.3 Å². The number of imide groups is 1. The Hall–Kier alpha value is -2.02. The molecule has 1 aromatic carbocycles. The molecular weight excluding hydrogens is 314 g/mol. The Bertz CT molecular complexity index is 601. The van der Waals surface area contributed by atoms with Crippen LogP contribution in [-0.4, -0.2) is 42.4 Å². The quantitative estimate of drug-likeness (QED) is 0.506. The van der Waals surface area contributed by atoms with Gasteiger partial charge in [-0.2, -0.15) is 0 Å². The standard InChI is InChI=1S/C16H21N3O3S/c1-4-17-16(18-5-2)23-13-10-14(20)19(15(13)21)11-6-8-12(22-3)9-7-11/h6-9,13H,4-5,10H2,1-3H3,(H,17,18)/t13-/m0/s1. The van der Waals surface area contributed by atoms with Gasteiger partial charge in [0, 0.05) is 19.5 Å². The lowest BCUT2D eigenvalue weighted by molar-refractivity contribution is -0.121. The Balaban J connectivity index is 2.14. The number of amidine groups is 1. The van der Waals surface area contributed by atoms with Crippen molar-refractivity contribution in [2.75, 3.05) is 25.1 Å². The molecule has 1 fully saturated rings. The third-order valence-electron chi connectivity index (χ3n) is 3.32. The van der Waals surface area contributed by atoms with Gasteiger partial charge in [-0.15, -0.1) is 0 Å². The molecule has 124 valence electrons. The van der Waals surface area contributed by atoms with Crippen LogP contribution in [0.4, 0.5) is 5.69 Å². The first-order chi connectivity index (χ1) is 11.1. The molecule has 23 heavy (non-hydrogen) atoms. The second-order valence-electron chi connectivity index (χ2n) is 4.89. The van der Waals surface area contributed by atoms with Crippen LogP contribution in [0, 0.1) is 0 Å². The maximum Gasteiger partial charge on any atom is 0.247 e. The summed E-state index contributed by atoms with van der Waals surface area (Å²) >= 11 is 1.32. The third kappa shape index (κ3) is 4.04. The fourth-order valence-corrected chi connectivity index (χ4v) is 3.40. The average molecular weight is 335 g/mol. The highest BCUT2D eigenvalue weighted by molar-refractivity contribution is 8.15. The van der Waals surface area contributed by atoms with E-state index in [2.05, 4.69) is 10.3 Å². The van der Waals surface area contributed by atoms with Crippen LogP contribution in [0.3, 0.4) is 0 Å². The molecule has 1 atom stereocenters. The monoisotopic (exact) mass is 335 g/mol. The SMILES string of the molecule is CCN=C(NCC)S[C@H]1CC(=O)N(c2ccc(OC)cc2)C1=O. The second-order valence-corrected chi connectivity index (χ2v) is 6.08. The lowest BCUT2D eigenvalue weighted by Crippen LogP contribution is -2.32. The van der Waals surface area contributed by atoms with Gasteiger partial charge in [-0.3, -0.25) is 14.6 Å². The van der Waals surface area contributed by atoms with Gasteiger partial charge in [0.05, 0.1) is 12.8 Å². The predicted molar refractivity (Wildman–Crippen MR) is 93.1 cm³/mol. The van der Waals surface area contributed by atoms with Gasteiger partial charge in [-0.05, 0) is 38.1 Å². The van der Waals surface area contributed by atoms with E-state index in [0.717, 1.165) is 6.54 Å². The molecule has 0 saturated carbocycles. The second kappa shape index (κ2) is 8.01. The van der Waals surface area contributed by atoms with Crippen molar-refractivity contribution in [3.05, 3.63) is 24.3 Å². The normalized spacial score (nSPS) is 18.5. The summed E-state index contributed by atoms with van der Waals surface area (Å²) in [5.74, 6) is 0.292. The van der Waals surface area contributed by atoms with E-state index in [1.54, 1.807) is 31.4 Å². The Labute approximate surface area is 140 Å². The van der Waals surface area contributed by atoms with Crippen molar-refractivity contribution < 1.29 is 14.3 Å². The molecule has 0 radical (unpaired) electrons. The number of nitrogens with one attached hydrogen (secondary N) is 1. The molecular formula is C16H21N3O3S. The smallest absolute Gasteiger partial charge is 0.247 e. The number of benzene rings is 1. The minimum Gasteiger partial charge on any atom is -0.497 e. The van der Waals surface area contributed by atoms with Crippen LogP contribution < -0.4 is 15.0 Å². The Morgan fingerprint density at radius 3 is 2.61 bits per heavy atom. The molecule has 1 heterocycles. The van der Waals surface area contributed by atoms with Gasteiger partial charge in [0.25, 0.3) is 0 Å². The maximum absolute atomic E-state index is 12.6. The predicted octanol–water partition coefficient (Wildman–Crippen LogP) is 2.05. The highest BCUT2D eigenvalue weighted by Crippen LogP contribution is 2.30. The zero-order valence-electron chi connectivity index (χ0n) is 13.5. The van der Waals surface area contributed by atoms with Gasteiger partial charge in [-0.25, -0.2) is 4.90 Å². The van der Waals surface area contributed by atoms with Gasteiger partial charge >= 0.3 is 0 Å². The number of methoxy groups -OCH3 is 1. The Morgan fingerprint density at radius 1 is 1.35 bits per heavy atom. The first-order valence-electron chi connectivity index (χ1n) is 7.56. The molecule has 1 aromatic rings. The van der Waals surface area contributed by atoms with E-state index in [0.29, 0.717) is 23.1 Å². The molecule has 2 amide bonds. The average Bonchev–Trinajstić information content (AvgIpc) is 2.82. The molecule has 0 aliphatic carbocycles. The summed E-state index contributed by atoms with van der Waals surface area (Å²) in [6, 6.07) is 6.90. The van der Waals surface area contributed by atoms with Crippen LogP contribution >= 0.6 is 11.8 Å². The number of hydrogen-bond donors (Lipinski definition) is 1. The number of carbonyl (C=O) groups excluding carboxylic acids is 2. The summed E-state index contributed by atoms with van der Waals surface area (Å²) in [7, 11) is 1.57. The summed E-state index contributed by atoms with van der Waals surface area (Å²) in [5, 5.41) is 3.40. The molecule has 1 saturated heterocycles. The van der Waals surface area contributed by atoms with E-state index < -0.39 is 5.25 Å². The molecule has 1 N–H and O–H groups in total. The number of nitrogens with zero attached hydrogens (tertiary/aromatic N) is 2. The van der Waals surface area contributed by atoms with Crippen LogP contribution in [0.25, 0.3) is 0 Å². The Morgan fingerprint density at radius 2 is 2.04 bits per heavy atom. The van der Waals surface area contributed by atoms with Gasteiger partial charge in [0.15, 0.2) is 5.17 Å². The summed E-state index contributed by atoms with van der Waals surface area (Å²) < 4.78 is 5.10. The van der Waals surface area contributed by atoms with E-state index in [4.69, 9.17) is 4.74 Å². The highest BCUT2D eigenvalue weighted by Gasteiger charge is 2.40. The number of ether oxygens (including phenoxy) is 1. The summed E-state index contributed by atoms with van der Waals surface area (Å²) in [5.41, 5.74) is 0.571.